The van der Waals surface area contributed by atoms with Gasteiger partial charge < -0.3 is 11.1 Å². The molecule has 0 fully saturated rings. The molecule has 0 aliphatic rings. The average Bonchev–Trinajstić information content (AvgIpc) is 2.70. The SMILES string of the molecule is CCCCCCCCCCCCCCCCCC(=O)NCCCC[C@H](C)C(N)=O. The predicted octanol–water partition coefficient (Wildman–Crippen LogP) is 6.66. The molecule has 0 saturated carbocycles. The number of nitrogens with two attached hydrogens (primary N) is 1. The van der Waals surface area contributed by atoms with Gasteiger partial charge in [-0.1, -0.05) is 110 Å². The largest absolute Gasteiger partial charge is 0.369 e. The third-order valence-corrected chi connectivity index (χ3v) is 5.88. The zero-order valence-corrected chi connectivity index (χ0v) is 19.6. The molecule has 172 valence electrons. The van der Waals surface area contributed by atoms with Gasteiger partial charge in [-0.3, -0.25) is 9.59 Å². The van der Waals surface area contributed by atoms with Gasteiger partial charge in [-0.2, -0.15) is 0 Å². The number of primary amides is 1. The number of rotatable bonds is 22. The zero-order chi connectivity index (χ0) is 21.6. The molecule has 4 nitrogen and oxygen atoms in total. The Labute approximate surface area is 181 Å². The Bertz CT molecular complexity index is 385. The van der Waals surface area contributed by atoms with E-state index in [-0.39, 0.29) is 17.7 Å². The van der Waals surface area contributed by atoms with Crippen molar-refractivity contribution >= 4 is 11.8 Å². The zero-order valence-electron chi connectivity index (χ0n) is 19.6. The number of nitrogens with one attached hydrogen (secondary N) is 1. The van der Waals surface area contributed by atoms with Crippen molar-refractivity contribution < 1.29 is 9.59 Å². The topological polar surface area (TPSA) is 72.2 Å². The van der Waals surface area contributed by atoms with Crippen LogP contribution in [0.1, 0.15) is 136 Å². The summed E-state index contributed by atoms with van der Waals surface area (Å²) in [6.45, 7) is 4.85. The van der Waals surface area contributed by atoms with Gasteiger partial charge in [-0.15, -0.1) is 0 Å². The van der Waals surface area contributed by atoms with Crippen LogP contribution in [0.15, 0.2) is 0 Å². The van der Waals surface area contributed by atoms with Gasteiger partial charge in [0.15, 0.2) is 0 Å². The van der Waals surface area contributed by atoms with Crippen LogP contribution >= 0.6 is 0 Å². The fraction of sp³-hybridized carbons (Fsp3) is 0.920. The van der Waals surface area contributed by atoms with Gasteiger partial charge in [0.05, 0.1) is 0 Å². The molecule has 2 amide bonds. The molecule has 0 spiro atoms. The Morgan fingerprint density at radius 1 is 0.690 bits per heavy atom. The van der Waals surface area contributed by atoms with Crippen molar-refractivity contribution in [2.24, 2.45) is 11.7 Å². The second-order valence-corrected chi connectivity index (χ2v) is 8.85. The predicted molar refractivity (Wildman–Crippen MR) is 125 cm³/mol. The van der Waals surface area contributed by atoms with E-state index in [0.717, 1.165) is 25.7 Å². The Morgan fingerprint density at radius 3 is 1.59 bits per heavy atom. The second kappa shape index (κ2) is 21.6. The summed E-state index contributed by atoms with van der Waals surface area (Å²) in [5, 5.41) is 2.98. The molecule has 29 heavy (non-hydrogen) atoms. The van der Waals surface area contributed by atoms with Crippen LogP contribution in [0.2, 0.25) is 0 Å². The first-order valence-corrected chi connectivity index (χ1v) is 12.6. The van der Waals surface area contributed by atoms with E-state index in [1.54, 1.807) is 0 Å². The summed E-state index contributed by atoms with van der Waals surface area (Å²) in [6.07, 6.45) is 23.5. The van der Waals surface area contributed by atoms with Crippen LogP contribution in [0.25, 0.3) is 0 Å². The van der Waals surface area contributed by atoms with E-state index in [4.69, 9.17) is 5.73 Å². The first kappa shape index (κ1) is 27.9. The number of carbonyl (C=O) groups excluding carboxylic acids is 2. The summed E-state index contributed by atoms with van der Waals surface area (Å²) in [7, 11) is 0. The smallest absolute Gasteiger partial charge is 0.220 e. The van der Waals surface area contributed by atoms with E-state index in [1.165, 1.54) is 89.9 Å². The van der Waals surface area contributed by atoms with Crippen molar-refractivity contribution in [2.75, 3.05) is 6.54 Å². The van der Waals surface area contributed by atoms with Crippen LogP contribution in [0.4, 0.5) is 0 Å². The molecule has 0 aromatic heterocycles. The van der Waals surface area contributed by atoms with Gasteiger partial charge in [-0.25, -0.2) is 0 Å². The Morgan fingerprint density at radius 2 is 1.14 bits per heavy atom. The van der Waals surface area contributed by atoms with E-state index in [1.807, 2.05) is 6.92 Å². The summed E-state index contributed by atoms with van der Waals surface area (Å²) in [5.74, 6) is -0.129. The molecule has 0 saturated heterocycles. The number of hydrogen-bond acceptors (Lipinski definition) is 2. The van der Waals surface area contributed by atoms with Gasteiger partial charge in [0, 0.05) is 18.9 Å². The fourth-order valence-electron chi connectivity index (χ4n) is 3.69. The summed E-state index contributed by atoms with van der Waals surface area (Å²) in [6, 6.07) is 0. The first-order chi connectivity index (χ1) is 14.1. The molecule has 0 aliphatic carbocycles. The number of amides is 2. The number of hydrogen-bond donors (Lipinski definition) is 2. The lowest BCUT2D eigenvalue weighted by Crippen LogP contribution is -2.24. The van der Waals surface area contributed by atoms with Crippen molar-refractivity contribution in [1.29, 1.82) is 0 Å². The molecule has 0 bridgehead atoms. The van der Waals surface area contributed by atoms with E-state index in [0.29, 0.717) is 13.0 Å². The highest BCUT2D eigenvalue weighted by molar-refractivity contribution is 5.76. The van der Waals surface area contributed by atoms with E-state index < -0.39 is 0 Å². The summed E-state index contributed by atoms with van der Waals surface area (Å²) in [4.78, 5) is 22.7. The molecule has 0 aromatic carbocycles. The molecule has 0 aliphatic heterocycles. The maximum atomic E-state index is 11.8. The third kappa shape index (κ3) is 21.5. The van der Waals surface area contributed by atoms with E-state index in [2.05, 4.69) is 12.2 Å². The van der Waals surface area contributed by atoms with Gasteiger partial charge in [-0.05, 0) is 19.3 Å². The Kier molecular flexibility index (Phi) is 20.9. The minimum Gasteiger partial charge on any atom is -0.369 e. The maximum absolute atomic E-state index is 11.8. The molecular weight excluding hydrogens is 360 g/mol. The molecule has 4 heteroatoms. The van der Waals surface area contributed by atoms with Crippen LogP contribution < -0.4 is 11.1 Å². The van der Waals surface area contributed by atoms with Crippen molar-refractivity contribution in [2.45, 2.75) is 136 Å². The van der Waals surface area contributed by atoms with Gasteiger partial charge in [0.1, 0.15) is 0 Å². The highest BCUT2D eigenvalue weighted by Gasteiger charge is 2.07. The van der Waals surface area contributed by atoms with Gasteiger partial charge in [0.2, 0.25) is 11.8 Å². The Hall–Kier alpha value is -1.06. The lowest BCUT2D eigenvalue weighted by atomic mass is 10.0. The lowest BCUT2D eigenvalue weighted by molar-refractivity contribution is -0.122. The normalized spacial score (nSPS) is 12.1. The molecular formula is C25H50N2O2. The standard InChI is InChI=1S/C25H50N2O2/c1-3-4-5-6-7-8-9-10-11-12-13-14-15-16-17-21-24(28)27-22-19-18-20-23(2)25(26)29/h23H,3-22H2,1-2H3,(H2,26,29)(H,27,28)/t23-/m0/s1. The van der Waals surface area contributed by atoms with Gasteiger partial charge in [0.25, 0.3) is 0 Å². The van der Waals surface area contributed by atoms with Crippen LogP contribution in [-0.4, -0.2) is 18.4 Å². The molecule has 1 atom stereocenters. The third-order valence-electron chi connectivity index (χ3n) is 5.88. The highest BCUT2D eigenvalue weighted by Crippen LogP contribution is 2.13. The molecule has 3 N–H and O–H groups in total. The molecule has 0 heterocycles. The number of carbonyl (C=O) groups is 2. The lowest BCUT2D eigenvalue weighted by Gasteiger charge is -2.08. The van der Waals surface area contributed by atoms with Crippen LogP contribution in [-0.2, 0) is 9.59 Å². The Balaban J connectivity index is 3.20. The van der Waals surface area contributed by atoms with Crippen LogP contribution in [0, 0.1) is 5.92 Å². The minimum absolute atomic E-state index is 0.0639. The van der Waals surface area contributed by atoms with Crippen molar-refractivity contribution in [3.63, 3.8) is 0 Å². The van der Waals surface area contributed by atoms with Gasteiger partial charge >= 0.3 is 0 Å². The minimum atomic E-state index is -0.234. The fourth-order valence-corrected chi connectivity index (χ4v) is 3.69. The maximum Gasteiger partial charge on any atom is 0.220 e. The molecule has 0 rings (SSSR count). The highest BCUT2D eigenvalue weighted by atomic mass is 16.1. The van der Waals surface area contributed by atoms with Crippen LogP contribution in [0.5, 0.6) is 0 Å². The molecule has 0 radical (unpaired) electrons. The average molecular weight is 411 g/mol. The molecule has 0 unspecified atom stereocenters. The first-order valence-electron chi connectivity index (χ1n) is 12.6. The summed E-state index contributed by atoms with van der Waals surface area (Å²) in [5.41, 5.74) is 5.24. The monoisotopic (exact) mass is 410 g/mol. The van der Waals surface area contributed by atoms with Crippen molar-refractivity contribution in [3.05, 3.63) is 0 Å². The summed E-state index contributed by atoms with van der Waals surface area (Å²) >= 11 is 0. The van der Waals surface area contributed by atoms with Crippen LogP contribution in [0.3, 0.4) is 0 Å². The van der Waals surface area contributed by atoms with E-state index in [9.17, 15) is 9.59 Å². The number of unbranched alkanes of at least 4 members (excludes halogenated alkanes) is 15. The second-order valence-electron chi connectivity index (χ2n) is 8.85. The van der Waals surface area contributed by atoms with Crippen molar-refractivity contribution in [3.8, 4) is 0 Å². The van der Waals surface area contributed by atoms with E-state index >= 15 is 0 Å². The molecule has 0 aromatic rings. The van der Waals surface area contributed by atoms with Crippen molar-refractivity contribution in [1.82, 2.24) is 5.32 Å². The summed E-state index contributed by atoms with van der Waals surface area (Å²) < 4.78 is 0. The quantitative estimate of drug-likeness (QED) is 0.196.